The SMILES string of the molecule is Nc1ccccc1N(Cc1ccc(-n2c3ccc(-c4ccccc4)cc3c3ccc4c5cc(-c6ccccc6)ccc5n(-c5ccccc5)c4c32)cc1)c1ccccc1. The van der Waals surface area contributed by atoms with E-state index in [1.54, 1.807) is 0 Å². The molecule has 0 spiro atoms. The number of benzene rings is 9. The Kier molecular flexibility index (Phi) is 8.34. The maximum atomic E-state index is 6.57. The zero-order valence-corrected chi connectivity index (χ0v) is 32.4. The number of aromatic nitrogens is 2. The van der Waals surface area contributed by atoms with Gasteiger partial charge in [-0.1, -0.05) is 146 Å². The summed E-state index contributed by atoms with van der Waals surface area (Å²) >= 11 is 0. The van der Waals surface area contributed by atoms with Crippen LogP contribution in [0.5, 0.6) is 0 Å². The van der Waals surface area contributed by atoms with Gasteiger partial charge in [0, 0.05) is 45.2 Å². The minimum Gasteiger partial charge on any atom is -0.397 e. The van der Waals surface area contributed by atoms with Gasteiger partial charge in [0.1, 0.15) is 0 Å². The van der Waals surface area contributed by atoms with E-state index < -0.39 is 0 Å². The van der Waals surface area contributed by atoms with Gasteiger partial charge in [-0.25, -0.2) is 0 Å². The van der Waals surface area contributed by atoms with Gasteiger partial charge in [0.15, 0.2) is 0 Å². The molecule has 0 aliphatic rings. The predicted octanol–water partition coefficient (Wildman–Crippen LogP) is 14.1. The molecule has 2 N–H and O–H groups in total. The van der Waals surface area contributed by atoms with Gasteiger partial charge >= 0.3 is 0 Å². The van der Waals surface area contributed by atoms with Crippen LogP contribution in [0.15, 0.2) is 218 Å². The van der Waals surface area contributed by atoms with Crippen molar-refractivity contribution in [2.24, 2.45) is 0 Å². The number of fused-ring (bicyclic) bond motifs is 7. The molecule has 11 aromatic rings. The second kappa shape index (κ2) is 14.3. The first-order chi connectivity index (χ1) is 29.2. The number of nitrogens with zero attached hydrogens (tertiary/aromatic N) is 3. The van der Waals surface area contributed by atoms with Gasteiger partial charge in [0.25, 0.3) is 0 Å². The standard InChI is InChI=1S/C55H40N4/c56-50-23-13-14-24-53(50)57(43-19-9-3-10-20-43)37-38-25-29-45(30-26-38)59-52-34-28-42(40-17-7-2-8-18-40)36-49(52)47-32-31-46-48-35-41(39-15-5-1-6-16-39)27-33-51(48)58(54(46)55(47)59)44-21-11-4-12-22-44/h1-36H,37,56H2. The van der Waals surface area contributed by atoms with E-state index >= 15 is 0 Å². The molecule has 0 unspecified atom stereocenters. The van der Waals surface area contributed by atoms with Crippen LogP contribution in [0.25, 0.3) is 77.2 Å². The normalized spacial score (nSPS) is 11.5. The van der Waals surface area contributed by atoms with Crippen LogP contribution in [0.1, 0.15) is 5.56 Å². The molecule has 0 aliphatic heterocycles. The van der Waals surface area contributed by atoms with Crippen LogP contribution < -0.4 is 10.6 Å². The molecular weight excluding hydrogens is 717 g/mol. The Hall–Kier alpha value is -7.82. The summed E-state index contributed by atoms with van der Waals surface area (Å²) in [5.74, 6) is 0. The van der Waals surface area contributed by atoms with Crippen molar-refractivity contribution in [3.8, 4) is 33.6 Å². The van der Waals surface area contributed by atoms with E-state index in [1.807, 2.05) is 18.2 Å². The fourth-order valence-corrected chi connectivity index (χ4v) is 8.93. The molecule has 0 saturated heterocycles. The van der Waals surface area contributed by atoms with Crippen molar-refractivity contribution in [2.75, 3.05) is 10.6 Å². The van der Waals surface area contributed by atoms with Crippen LogP contribution in [0.2, 0.25) is 0 Å². The summed E-state index contributed by atoms with van der Waals surface area (Å²) in [4.78, 5) is 2.29. The molecular formula is C55H40N4. The quantitative estimate of drug-likeness (QED) is 0.157. The second-order valence-corrected chi connectivity index (χ2v) is 15.2. The lowest BCUT2D eigenvalue weighted by Gasteiger charge is -2.26. The molecule has 4 heteroatoms. The third-order valence-electron chi connectivity index (χ3n) is 11.7. The largest absolute Gasteiger partial charge is 0.397 e. The molecule has 59 heavy (non-hydrogen) atoms. The Bertz CT molecular complexity index is 3280. The number of anilines is 3. The topological polar surface area (TPSA) is 39.1 Å². The lowest BCUT2D eigenvalue weighted by Crippen LogP contribution is -2.17. The summed E-state index contributed by atoms with van der Waals surface area (Å²) in [6.07, 6.45) is 0. The molecule has 280 valence electrons. The summed E-state index contributed by atoms with van der Waals surface area (Å²) in [6.45, 7) is 0.669. The van der Waals surface area contributed by atoms with Gasteiger partial charge in [-0.15, -0.1) is 0 Å². The first-order valence-corrected chi connectivity index (χ1v) is 20.2. The molecule has 0 bridgehead atoms. The van der Waals surface area contributed by atoms with Crippen molar-refractivity contribution in [3.05, 3.63) is 224 Å². The van der Waals surface area contributed by atoms with E-state index in [9.17, 15) is 0 Å². The van der Waals surface area contributed by atoms with Crippen molar-refractivity contribution in [1.29, 1.82) is 0 Å². The molecule has 0 radical (unpaired) electrons. The minimum absolute atomic E-state index is 0.669. The Labute approximate surface area is 343 Å². The van der Waals surface area contributed by atoms with Crippen molar-refractivity contribution in [2.45, 2.75) is 6.54 Å². The van der Waals surface area contributed by atoms with Crippen LogP contribution in [0.3, 0.4) is 0 Å². The number of nitrogens with two attached hydrogens (primary N) is 1. The van der Waals surface area contributed by atoms with E-state index in [0.29, 0.717) is 6.54 Å². The highest BCUT2D eigenvalue weighted by atomic mass is 15.1. The lowest BCUT2D eigenvalue weighted by molar-refractivity contribution is 0.975. The van der Waals surface area contributed by atoms with Crippen molar-refractivity contribution in [3.63, 3.8) is 0 Å². The number of hydrogen-bond acceptors (Lipinski definition) is 2. The molecule has 11 rings (SSSR count). The second-order valence-electron chi connectivity index (χ2n) is 15.2. The summed E-state index contributed by atoms with van der Waals surface area (Å²) in [5, 5.41) is 4.88. The van der Waals surface area contributed by atoms with Crippen molar-refractivity contribution >= 4 is 60.7 Å². The van der Waals surface area contributed by atoms with Gasteiger partial charge < -0.3 is 19.8 Å². The molecule has 0 atom stereocenters. The van der Waals surface area contributed by atoms with E-state index in [1.165, 1.54) is 65.9 Å². The maximum Gasteiger partial charge on any atom is 0.0788 e. The average Bonchev–Trinajstić information content (AvgIpc) is 3.82. The minimum atomic E-state index is 0.669. The van der Waals surface area contributed by atoms with E-state index in [0.717, 1.165) is 34.0 Å². The van der Waals surface area contributed by atoms with Crippen molar-refractivity contribution < 1.29 is 0 Å². The molecule has 0 aliphatic carbocycles. The highest BCUT2D eigenvalue weighted by Crippen LogP contribution is 2.43. The van der Waals surface area contributed by atoms with Crippen LogP contribution in [0, 0.1) is 0 Å². The van der Waals surface area contributed by atoms with E-state index in [4.69, 9.17) is 5.73 Å². The summed E-state index contributed by atoms with van der Waals surface area (Å²) in [7, 11) is 0. The van der Waals surface area contributed by atoms with E-state index in [2.05, 4.69) is 214 Å². The average molecular weight is 757 g/mol. The molecule has 2 heterocycles. The summed E-state index contributed by atoms with van der Waals surface area (Å²) in [5.41, 5.74) is 22.4. The van der Waals surface area contributed by atoms with Crippen LogP contribution >= 0.6 is 0 Å². The number of rotatable bonds is 8. The Morgan fingerprint density at radius 3 is 1.36 bits per heavy atom. The van der Waals surface area contributed by atoms with Gasteiger partial charge in [0.2, 0.25) is 0 Å². The van der Waals surface area contributed by atoms with Crippen LogP contribution in [-0.4, -0.2) is 9.13 Å². The third-order valence-corrected chi connectivity index (χ3v) is 11.7. The summed E-state index contributed by atoms with van der Waals surface area (Å²) in [6, 6.07) is 78.4. The zero-order chi connectivity index (χ0) is 39.3. The fraction of sp³-hybridized carbons (Fsp3) is 0.0182. The molecule has 2 aromatic heterocycles. The monoisotopic (exact) mass is 756 g/mol. The first-order valence-electron chi connectivity index (χ1n) is 20.2. The Morgan fingerprint density at radius 2 is 0.831 bits per heavy atom. The molecule has 9 aromatic carbocycles. The Balaban J connectivity index is 1.16. The summed E-state index contributed by atoms with van der Waals surface area (Å²) < 4.78 is 4.94. The maximum absolute atomic E-state index is 6.57. The number of para-hydroxylation sites is 4. The van der Waals surface area contributed by atoms with Gasteiger partial charge in [-0.05, 0) is 101 Å². The lowest BCUT2D eigenvalue weighted by atomic mass is 10.0. The van der Waals surface area contributed by atoms with Gasteiger partial charge in [-0.3, -0.25) is 0 Å². The molecule has 0 fully saturated rings. The highest BCUT2D eigenvalue weighted by molar-refractivity contribution is 6.24. The van der Waals surface area contributed by atoms with Gasteiger partial charge in [0.05, 0.1) is 33.4 Å². The van der Waals surface area contributed by atoms with E-state index in [-0.39, 0.29) is 0 Å². The number of nitrogen functional groups attached to an aromatic ring is 1. The Morgan fingerprint density at radius 1 is 0.373 bits per heavy atom. The predicted molar refractivity (Wildman–Crippen MR) is 249 cm³/mol. The van der Waals surface area contributed by atoms with Crippen molar-refractivity contribution in [1.82, 2.24) is 9.13 Å². The smallest absolute Gasteiger partial charge is 0.0788 e. The van der Waals surface area contributed by atoms with Crippen LogP contribution in [-0.2, 0) is 6.54 Å². The fourth-order valence-electron chi connectivity index (χ4n) is 8.93. The zero-order valence-electron chi connectivity index (χ0n) is 32.4. The van der Waals surface area contributed by atoms with Gasteiger partial charge in [-0.2, -0.15) is 0 Å². The number of hydrogen-bond donors (Lipinski definition) is 1. The first kappa shape index (κ1) is 34.4. The molecule has 0 amide bonds. The third kappa shape index (κ3) is 5.93. The highest BCUT2D eigenvalue weighted by Gasteiger charge is 2.22. The van der Waals surface area contributed by atoms with Crippen LogP contribution in [0.4, 0.5) is 17.1 Å². The molecule has 0 saturated carbocycles. The molecule has 4 nitrogen and oxygen atoms in total.